The van der Waals surface area contributed by atoms with Crippen LogP contribution in [0.3, 0.4) is 0 Å². The number of piperidine rings is 1. The fourth-order valence-electron chi connectivity index (χ4n) is 3.68. The van der Waals surface area contributed by atoms with Crippen LogP contribution in [0, 0.1) is 11.7 Å². The predicted octanol–water partition coefficient (Wildman–Crippen LogP) is 2.95. The number of hydrogen-bond acceptors (Lipinski definition) is 2. The minimum absolute atomic E-state index is 0.163. The molecule has 1 heterocycles. The van der Waals surface area contributed by atoms with Crippen LogP contribution in [0.4, 0.5) is 4.39 Å². The zero-order valence-corrected chi connectivity index (χ0v) is 11.3. The van der Waals surface area contributed by atoms with Crippen molar-refractivity contribution in [1.29, 1.82) is 0 Å². The predicted molar refractivity (Wildman–Crippen MR) is 73.2 cm³/mol. The Balaban J connectivity index is 1.65. The summed E-state index contributed by atoms with van der Waals surface area (Å²) in [5.74, 6) is 0.243. The molecule has 1 aliphatic carbocycles. The van der Waals surface area contributed by atoms with Gasteiger partial charge in [0.1, 0.15) is 5.82 Å². The van der Waals surface area contributed by atoms with E-state index < -0.39 is 5.60 Å². The van der Waals surface area contributed by atoms with Crippen molar-refractivity contribution in [1.82, 2.24) is 4.90 Å². The van der Waals surface area contributed by atoms with Crippen LogP contribution in [0.25, 0.3) is 0 Å². The number of likely N-dealkylation sites (tertiary alicyclic amines) is 1. The van der Waals surface area contributed by atoms with Gasteiger partial charge in [-0.2, -0.15) is 0 Å². The summed E-state index contributed by atoms with van der Waals surface area (Å²) in [5, 5.41) is 10.6. The molecule has 104 valence electrons. The van der Waals surface area contributed by atoms with Crippen LogP contribution in [-0.2, 0) is 6.54 Å². The van der Waals surface area contributed by atoms with Crippen molar-refractivity contribution in [3.63, 3.8) is 0 Å². The maximum atomic E-state index is 13.2. The molecule has 3 heteroatoms. The van der Waals surface area contributed by atoms with Gasteiger partial charge in [0.05, 0.1) is 5.60 Å². The van der Waals surface area contributed by atoms with E-state index in [-0.39, 0.29) is 5.82 Å². The van der Waals surface area contributed by atoms with E-state index in [1.807, 2.05) is 6.07 Å². The van der Waals surface area contributed by atoms with E-state index in [4.69, 9.17) is 0 Å². The molecule has 1 N–H and O–H groups in total. The van der Waals surface area contributed by atoms with E-state index in [1.165, 1.54) is 12.5 Å². The van der Waals surface area contributed by atoms with Crippen molar-refractivity contribution < 1.29 is 9.50 Å². The highest BCUT2D eigenvalue weighted by atomic mass is 19.1. The van der Waals surface area contributed by atoms with Crippen molar-refractivity contribution in [3.8, 4) is 0 Å². The molecule has 1 saturated heterocycles. The highest BCUT2D eigenvalue weighted by molar-refractivity contribution is 5.16. The number of hydrogen-bond donors (Lipinski definition) is 1. The first-order valence-corrected chi connectivity index (χ1v) is 7.35. The largest absolute Gasteiger partial charge is 0.390 e. The first-order valence-electron chi connectivity index (χ1n) is 7.35. The molecule has 19 heavy (non-hydrogen) atoms. The van der Waals surface area contributed by atoms with Gasteiger partial charge in [-0.05, 0) is 37.0 Å². The molecule has 2 atom stereocenters. The van der Waals surface area contributed by atoms with Gasteiger partial charge in [-0.1, -0.05) is 25.0 Å². The van der Waals surface area contributed by atoms with Crippen molar-refractivity contribution in [2.75, 3.05) is 13.1 Å². The maximum Gasteiger partial charge on any atom is 0.123 e. The van der Waals surface area contributed by atoms with Crippen LogP contribution in [0.15, 0.2) is 24.3 Å². The quantitative estimate of drug-likeness (QED) is 0.886. The fraction of sp³-hybridized carbons (Fsp3) is 0.625. The van der Waals surface area contributed by atoms with Gasteiger partial charge < -0.3 is 5.11 Å². The Morgan fingerprint density at radius 2 is 2.21 bits per heavy atom. The van der Waals surface area contributed by atoms with Crippen LogP contribution < -0.4 is 0 Å². The lowest BCUT2D eigenvalue weighted by Crippen LogP contribution is -2.52. The van der Waals surface area contributed by atoms with Gasteiger partial charge in [0.25, 0.3) is 0 Å². The Hall–Kier alpha value is -0.930. The molecule has 0 amide bonds. The molecule has 1 saturated carbocycles. The third kappa shape index (κ3) is 2.82. The van der Waals surface area contributed by atoms with Gasteiger partial charge in [-0.3, -0.25) is 4.90 Å². The summed E-state index contributed by atoms with van der Waals surface area (Å²) in [6, 6.07) is 6.84. The van der Waals surface area contributed by atoms with Gasteiger partial charge in [-0.25, -0.2) is 4.39 Å². The summed E-state index contributed by atoms with van der Waals surface area (Å²) in [6.07, 6.45) is 5.37. The minimum Gasteiger partial charge on any atom is -0.390 e. The van der Waals surface area contributed by atoms with Crippen molar-refractivity contribution in [2.24, 2.45) is 5.92 Å². The number of nitrogens with zero attached hydrogens (tertiary/aromatic N) is 1. The minimum atomic E-state index is -0.420. The highest BCUT2D eigenvalue weighted by Gasteiger charge is 2.42. The number of benzene rings is 1. The second kappa shape index (κ2) is 5.22. The monoisotopic (exact) mass is 263 g/mol. The molecule has 2 fully saturated rings. The zero-order chi connectivity index (χ0) is 13.3. The third-order valence-electron chi connectivity index (χ3n) is 4.81. The zero-order valence-electron chi connectivity index (χ0n) is 11.3. The van der Waals surface area contributed by atoms with Crippen LogP contribution in [-0.4, -0.2) is 28.7 Å². The Morgan fingerprint density at radius 1 is 1.32 bits per heavy atom. The van der Waals surface area contributed by atoms with Crippen LogP contribution in [0.1, 0.15) is 37.7 Å². The SMILES string of the molecule is OC12CCCCC1CN(Cc1cccc(F)c1)CC2. The average molecular weight is 263 g/mol. The summed E-state index contributed by atoms with van der Waals surface area (Å²) in [4.78, 5) is 2.36. The number of rotatable bonds is 2. The Morgan fingerprint density at radius 3 is 3.05 bits per heavy atom. The molecule has 0 bridgehead atoms. The van der Waals surface area contributed by atoms with E-state index in [0.29, 0.717) is 5.92 Å². The lowest BCUT2D eigenvalue weighted by Gasteiger charge is -2.47. The molecule has 0 aromatic heterocycles. The standard InChI is InChI=1S/C16H22FNO/c17-15-6-3-4-13(10-15)11-18-9-8-16(19)7-2-1-5-14(16)12-18/h3-4,6,10,14,19H,1-2,5,7-9,11-12H2. The third-order valence-corrected chi connectivity index (χ3v) is 4.81. The van der Waals surface area contributed by atoms with Crippen molar-refractivity contribution in [3.05, 3.63) is 35.6 Å². The second-order valence-corrected chi connectivity index (χ2v) is 6.16. The smallest absolute Gasteiger partial charge is 0.123 e. The topological polar surface area (TPSA) is 23.5 Å². The average Bonchev–Trinajstić information content (AvgIpc) is 2.39. The summed E-state index contributed by atoms with van der Waals surface area (Å²) < 4.78 is 13.2. The molecule has 2 unspecified atom stereocenters. The lowest BCUT2D eigenvalue weighted by molar-refractivity contribution is -0.0968. The number of fused-ring (bicyclic) bond motifs is 1. The summed E-state index contributed by atoms with van der Waals surface area (Å²) in [5.41, 5.74) is 0.609. The first kappa shape index (κ1) is 13.1. The molecule has 1 aliphatic heterocycles. The Labute approximate surface area is 114 Å². The molecule has 1 aromatic rings. The van der Waals surface area contributed by atoms with E-state index in [2.05, 4.69) is 4.90 Å². The van der Waals surface area contributed by atoms with Crippen molar-refractivity contribution in [2.45, 2.75) is 44.2 Å². The molecular weight excluding hydrogens is 241 g/mol. The number of halogens is 1. The Bertz CT molecular complexity index is 450. The summed E-state index contributed by atoms with van der Waals surface area (Å²) in [7, 11) is 0. The van der Waals surface area contributed by atoms with Gasteiger partial charge in [-0.15, -0.1) is 0 Å². The highest BCUT2D eigenvalue weighted by Crippen LogP contribution is 2.39. The lowest BCUT2D eigenvalue weighted by atomic mass is 9.71. The van der Waals surface area contributed by atoms with Gasteiger partial charge in [0, 0.05) is 25.6 Å². The molecule has 2 aliphatic rings. The van der Waals surface area contributed by atoms with Gasteiger partial charge in [0.15, 0.2) is 0 Å². The number of aliphatic hydroxyl groups is 1. The van der Waals surface area contributed by atoms with Gasteiger partial charge >= 0.3 is 0 Å². The van der Waals surface area contributed by atoms with Crippen molar-refractivity contribution >= 4 is 0 Å². The molecule has 3 rings (SSSR count). The Kier molecular flexibility index (Phi) is 3.59. The van der Waals surface area contributed by atoms with Crippen LogP contribution in [0.5, 0.6) is 0 Å². The van der Waals surface area contributed by atoms with Crippen LogP contribution >= 0.6 is 0 Å². The fourth-order valence-corrected chi connectivity index (χ4v) is 3.68. The summed E-state index contributed by atoms with van der Waals surface area (Å²) >= 11 is 0. The molecule has 1 aromatic carbocycles. The maximum absolute atomic E-state index is 13.2. The first-order chi connectivity index (χ1) is 9.16. The van der Waals surface area contributed by atoms with E-state index in [0.717, 1.165) is 50.9 Å². The normalized spacial score (nSPS) is 32.0. The summed E-state index contributed by atoms with van der Waals surface area (Å²) in [6.45, 7) is 2.67. The second-order valence-electron chi connectivity index (χ2n) is 6.16. The molecule has 2 nitrogen and oxygen atoms in total. The molecular formula is C16H22FNO. The van der Waals surface area contributed by atoms with Crippen LogP contribution in [0.2, 0.25) is 0 Å². The van der Waals surface area contributed by atoms with E-state index >= 15 is 0 Å². The van der Waals surface area contributed by atoms with Gasteiger partial charge in [0.2, 0.25) is 0 Å². The molecule has 0 spiro atoms. The molecule has 0 radical (unpaired) electrons. The van der Waals surface area contributed by atoms with E-state index in [1.54, 1.807) is 12.1 Å². The van der Waals surface area contributed by atoms with E-state index in [9.17, 15) is 9.50 Å².